The molecule has 6 heteroatoms. The molecule has 1 aromatic carbocycles. The van der Waals surface area contributed by atoms with Gasteiger partial charge >= 0.3 is 0 Å². The number of hydrogen-bond acceptors (Lipinski definition) is 4. The molecule has 2 heterocycles. The van der Waals surface area contributed by atoms with E-state index in [9.17, 15) is 4.79 Å². The van der Waals surface area contributed by atoms with Gasteiger partial charge in [0, 0.05) is 31.9 Å². The molecule has 26 heavy (non-hydrogen) atoms. The fraction of sp³-hybridized carbons (Fsp3) is 0.500. The number of benzene rings is 1. The van der Waals surface area contributed by atoms with E-state index in [0.717, 1.165) is 31.9 Å². The molecule has 6 nitrogen and oxygen atoms in total. The summed E-state index contributed by atoms with van der Waals surface area (Å²) in [5.41, 5.74) is 1.76. The second-order valence-corrected chi connectivity index (χ2v) is 7.08. The molecular weight excluding hydrogens is 328 g/mol. The Balaban J connectivity index is 1.55. The summed E-state index contributed by atoms with van der Waals surface area (Å²) in [6.07, 6.45) is 3.44. The van der Waals surface area contributed by atoms with Gasteiger partial charge in [0.05, 0.1) is 31.5 Å². The second-order valence-electron chi connectivity index (χ2n) is 7.08. The van der Waals surface area contributed by atoms with E-state index >= 15 is 0 Å². The summed E-state index contributed by atoms with van der Waals surface area (Å²) in [5.74, 6) is 0.400. The predicted octanol–water partition coefficient (Wildman–Crippen LogP) is 2.02. The van der Waals surface area contributed by atoms with E-state index in [1.54, 1.807) is 17.1 Å². The number of aromatic nitrogens is 2. The van der Waals surface area contributed by atoms with Crippen LogP contribution in [0.1, 0.15) is 29.8 Å². The van der Waals surface area contributed by atoms with Gasteiger partial charge in [0.1, 0.15) is 0 Å². The summed E-state index contributed by atoms with van der Waals surface area (Å²) in [6, 6.07) is 10.4. The fourth-order valence-electron chi connectivity index (χ4n) is 3.33. The van der Waals surface area contributed by atoms with Crippen LogP contribution in [0.5, 0.6) is 0 Å². The van der Waals surface area contributed by atoms with Gasteiger partial charge in [-0.15, -0.1) is 0 Å². The van der Waals surface area contributed by atoms with Gasteiger partial charge < -0.3 is 10.1 Å². The van der Waals surface area contributed by atoms with Crippen LogP contribution in [-0.4, -0.2) is 59.5 Å². The Kier molecular flexibility index (Phi) is 6.41. The Morgan fingerprint density at radius 3 is 2.65 bits per heavy atom. The number of amides is 1. The molecule has 1 fully saturated rings. The zero-order valence-electron chi connectivity index (χ0n) is 15.6. The van der Waals surface area contributed by atoms with Gasteiger partial charge in [0.15, 0.2) is 0 Å². The summed E-state index contributed by atoms with van der Waals surface area (Å²) in [5, 5.41) is 7.39. The number of nitrogens with one attached hydrogen (secondary N) is 1. The Bertz CT molecular complexity index is 693. The first-order valence-electron chi connectivity index (χ1n) is 9.30. The maximum atomic E-state index is 12.5. The molecule has 1 unspecified atom stereocenters. The summed E-state index contributed by atoms with van der Waals surface area (Å²) < 4.78 is 7.23. The smallest absolute Gasteiger partial charge is 0.254 e. The van der Waals surface area contributed by atoms with Crippen molar-refractivity contribution >= 4 is 5.91 Å². The van der Waals surface area contributed by atoms with Gasteiger partial charge in [-0.05, 0) is 11.5 Å². The Labute approximate surface area is 155 Å². The van der Waals surface area contributed by atoms with E-state index < -0.39 is 0 Å². The normalized spacial score (nSPS) is 16.6. The number of hydrogen-bond donors (Lipinski definition) is 1. The van der Waals surface area contributed by atoms with Crippen LogP contribution in [0.15, 0.2) is 42.7 Å². The highest BCUT2D eigenvalue weighted by atomic mass is 16.5. The van der Waals surface area contributed by atoms with Crippen molar-refractivity contribution < 1.29 is 9.53 Å². The number of ether oxygens (including phenoxy) is 1. The lowest BCUT2D eigenvalue weighted by Gasteiger charge is -2.36. The van der Waals surface area contributed by atoms with Crippen LogP contribution in [0.4, 0.5) is 0 Å². The molecule has 0 radical (unpaired) electrons. The van der Waals surface area contributed by atoms with E-state index in [1.165, 1.54) is 0 Å². The lowest BCUT2D eigenvalue weighted by molar-refractivity contribution is 0.00673. The fourth-order valence-corrected chi connectivity index (χ4v) is 3.33. The maximum absolute atomic E-state index is 12.5. The van der Waals surface area contributed by atoms with Gasteiger partial charge in [-0.3, -0.25) is 14.4 Å². The summed E-state index contributed by atoms with van der Waals surface area (Å²) >= 11 is 0. The molecule has 0 saturated carbocycles. The van der Waals surface area contributed by atoms with Gasteiger partial charge in [-0.25, -0.2) is 0 Å². The molecule has 1 aromatic heterocycles. The molecule has 1 saturated heterocycles. The zero-order chi connectivity index (χ0) is 18.4. The molecule has 140 valence electrons. The Hall–Kier alpha value is -2.18. The number of carbonyl (C=O) groups is 1. The van der Waals surface area contributed by atoms with E-state index in [1.807, 2.05) is 18.2 Å². The molecule has 1 aliphatic rings. The zero-order valence-corrected chi connectivity index (χ0v) is 15.6. The highest BCUT2D eigenvalue weighted by molar-refractivity contribution is 5.93. The molecule has 0 bridgehead atoms. The minimum absolute atomic E-state index is 0.0665. The third-order valence-corrected chi connectivity index (χ3v) is 4.84. The number of carbonyl (C=O) groups excluding carboxylic acids is 1. The molecule has 1 N–H and O–H groups in total. The molecule has 3 rings (SSSR count). The molecule has 2 aromatic rings. The van der Waals surface area contributed by atoms with Crippen LogP contribution < -0.4 is 5.32 Å². The van der Waals surface area contributed by atoms with Gasteiger partial charge in [0.25, 0.3) is 5.91 Å². The van der Waals surface area contributed by atoms with Crippen molar-refractivity contribution in [1.82, 2.24) is 20.0 Å². The van der Waals surface area contributed by atoms with Crippen molar-refractivity contribution in [3.8, 4) is 0 Å². The van der Waals surface area contributed by atoms with Crippen molar-refractivity contribution in [1.29, 1.82) is 0 Å². The van der Waals surface area contributed by atoms with Crippen molar-refractivity contribution in [3.63, 3.8) is 0 Å². The number of nitrogens with zero attached hydrogens (tertiary/aromatic N) is 3. The third-order valence-electron chi connectivity index (χ3n) is 4.84. The van der Waals surface area contributed by atoms with Crippen LogP contribution in [0, 0.1) is 5.92 Å². The molecule has 1 atom stereocenters. The van der Waals surface area contributed by atoms with Crippen LogP contribution in [0.2, 0.25) is 0 Å². The SMILES string of the molecule is CC(C)C(CNC(=O)c1cnn(Cc2ccccc2)c1)N1CCOCC1. The quantitative estimate of drug-likeness (QED) is 0.825. The topological polar surface area (TPSA) is 59.4 Å². The Morgan fingerprint density at radius 2 is 1.96 bits per heavy atom. The monoisotopic (exact) mass is 356 g/mol. The van der Waals surface area contributed by atoms with Gasteiger partial charge in [-0.2, -0.15) is 5.10 Å². The lowest BCUT2D eigenvalue weighted by Crippen LogP contribution is -2.51. The highest BCUT2D eigenvalue weighted by Crippen LogP contribution is 2.12. The van der Waals surface area contributed by atoms with Crippen LogP contribution in [0.25, 0.3) is 0 Å². The second kappa shape index (κ2) is 8.96. The molecule has 0 aliphatic carbocycles. The largest absolute Gasteiger partial charge is 0.379 e. The minimum Gasteiger partial charge on any atom is -0.379 e. The van der Waals surface area contributed by atoms with E-state index in [4.69, 9.17) is 4.74 Å². The first-order chi connectivity index (χ1) is 12.6. The van der Waals surface area contributed by atoms with E-state index in [2.05, 4.69) is 41.3 Å². The molecule has 0 spiro atoms. The van der Waals surface area contributed by atoms with Crippen LogP contribution in [0.3, 0.4) is 0 Å². The average Bonchev–Trinajstić information content (AvgIpc) is 3.12. The summed E-state index contributed by atoms with van der Waals surface area (Å²) in [6.45, 7) is 9.08. The van der Waals surface area contributed by atoms with Gasteiger partial charge in [0.2, 0.25) is 0 Å². The van der Waals surface area contributed by atoms with Crippen LogP contribution in [-0.2, 0) is 11.3 Å². The minimum atomic E-state index is -0.0665. The van der Waals surface area contributed by atoms with Gasteiger partial charge in [-0.1, -0.05) is 44.2 Å². The van der Waals surface area contributed by atoms with E-state index in [-0.39, 0.29) is 5.91 Å². The van der Waals surface area contributed by atoms with Crippen LogP contribution >= 0.6 is 0 Å². The molecular formula is C20H28N4O2. The first kappa shape index (κ1) is 18.6. The summed E-state index contributed by atoms with van der Waals surface area (Å²) in [7, 11) is 0. The Morgan fingerprint density at radius 1 is 1.23 bits per heavy atom. The molecule has 1 aliphatic heterocycles. The first-order valence-corrected chi connectivity index (χ1v) is 9.30. The van der Waals surface area contributed by atoms with Crippen molar-refractivity contribution in [2.75, 3.05) is 32.8 Å². The summed E-state index contributed by atoms with van der Waals surface area (Å²) in [4.78, 5) is 14.9. The standard InChI is InChI=1S/C20H28N4O2/c1-16(2)19(23-8-10-26-11-9-23)13-21-20(25)18-12-22-24(15-18)14-17-6-4-3-5-7-17/h3-7,12,15-16,19H,8-11,13-14H2,1-2H3,(H,21,25). The maximum Gasteiger partial charge on any atom is 0.254 e. The van der Waals surface area contributed by atoms with Crippen molar-refractivity contribution in [2.24, 2.45) is 5.92 Å². The predicted molar refractivity (Wildman–Crippen MR) is 101 cm³/mol. The average molecular weight is 356 g/mol. The molecule has 1 amide bonds. The van der Waals surface area contributed by atoms with Crippen molar-refractivity contribution in [2.45, 2.75) is 26.4 Å². The van der Waals surface area contributed by atoms with E-state index in [0.29, 0.717) is 30.6 Å². The third kappa shape index (κ3) is 4.93. The highest BCUT2D eigenvalue weighted by Gasteiger charge is 2.24. The lowest BCUT2D eigenvalue weighted by atomic mass is 10.0. The number of rotatable bonds is 7. The number of morpholine rings is 1. The van der Waals surface area contributed by atoms with Crippen molar-refractivity contribution in [3.05, 3.63) is 53.9 Å².